The van der Waals surface area contributed by atoms with Crippen LogP contribution in [-0.2, 0) is 4.79 Å². The number of rotatable bonds is 1. The van der Waals surface area contributed by atoms with Gasteiger partial charge in [-0.15, -0.1) is 0 Å². The lowest BCUT2D eigenvalue weighted by Gasteiger charge is -2.35. The fraction of sp³-hybridized carbons (Fsp3) is 0.692. The molecule has 2 aliphatic heterocycles. The topological polar surface area (TPSA) is 117 Å². The van der Waals surface area contributed by atoms with Crippen LogP contribution in [0.5, 0.6) is 0 Å². The molecule has 1 aliphatic carbocycles. The van der Waals surface area contributed by atoms with E-state index in [1.807, 2.05) is 0 Å². The summed E-state index contributed by atoms with van der Waals surface area (Å²) in [5.74, 6) is -0.449. The van der Waals surface area contributed by atoms with Crippen LogP contribution in [0.2, 0.25) is 0 Å². The Morgan fingerprint density at radius 2 is 2.19 bits per heavy atom. The Morgan fingerprint density at radius 3 is 2.81 bits per heavy atom. The molecule has 0 radical (unpaired) electrons. The first-order chi connectivity index (χ1) is 10.1. The molecule has 2 heterocycles. The van der Waals surface area contributed by atoms with Crippen molar-refractivity contribution in [3.8, 4) is 6.07 Å². The number of fused-ring (bicyclic) bond motifs is 2. The largest absolute Gasteiger partial charge is 0.465 e. The van der Waals surface area contributed by atoms with Crippen molar-refractivity contribution in [1.29, 1.82) is 5.26 Å². The average Bonchev–Trinajstić information content (AvgIpc) is 3.17. The normalized spacial score (nSPS) is 36.2. The van der Waals surface area contributed by atoms with Gasteiger partial charge in [0.25, 0.3) is 0 Å². The highest BCUT2D eigenvalue weighted by Crippen LogP contribution is 2.42. The summed E-state index contributed by atoms with van der Waals surface area (Å²) in [6.45, 7) is 0.499. The molecule has 0 unspecified atom stereocenters. The van der Waals surface area contributed by atoms with Crippen molar-refractivity contribution in [3.05, 3.63) is 0 Å². The molecular weight excluding hydrogens is 276 g/mol. The molecule has 0 aromatic carbocycles. The molecule has 1 saturated carbocycles. The monoisotopic (exact) mass is 292 g/mol. The van der Waals surface area contributed by atoms with Crippen LogP contribution < -0.4 is 0 Å². The van der Waals surface area contributed by atoms with Crippen LogP contribution in [0.25, 0.3) is 0 Å². The van der Waals surface area contributed by atoms with Gasteiger partial charge >= 0.3 is 6.09 Å². The Hall–Kier alpha value is -2.30. The molecule has 2 saturated heterocycles. The minimum absolute atomic E-state index is 0.163. The molecule has 21 heavy (non-hydrogen) atoms. The van der Waals surface area contributed by atoms with Crippen LogP contribution in [0.3, 0.4) is 0 Å². The van der Waals surface area contributed by atoms with Crippen molar-refractivity contribution in [3.63, 3.8) is 0 Å². The predicted octanol–water partition coefficient (Wildman–Crippen LogP) is 0.472. The Bertz CT molecular complexity index is 555. The lowest BCUT2D eigenvalue weighted by molar-refractivity contribution is -0.137. The van der Waals surface area contributed by atoms with Crippen LogP contribution in [-0.4, -0.2) is 62.5 Å². The van der Waals surface area contributed by atoms with Crippen LogP contribution in [0.1, 0.15) is 25.7 Å². The second kappa shape index (κ2) is 4.91. The van der Waals surface area contributed by atoms with Crippen molar-refractivity contribution in [2.24, 2.45) is 11.1 Å². The summed E-state index contributed by atoms with van der Waals surface area (Å²) in [6.07, 6.45) is 1.16. The third-order valence-corrected chi connectivity index (χ3v) is 4.75. The summed E-state index contributed by atoms with van der Waals surface area (Å²) in [5.41, 5.74) is 0.421. The second-order valence-electron chi connectivity index (χ2n) is 5.76. The highest BCUT2D eigenvalue weighted by Gasteiger charge is 2.56. The lowest BCUT2D eigenvalue weighted by Crippen LogP contribution is -2.56. The van der Waals surface area contributed by atoms with Crippen molar-refractivity contribution >= 4 is 17.7 Å². The second-order valence-corrected chi connectivity index (χ2v) is 5.76. The van der Waals surface area contributed by atoms with Crippen molar-refractivity contribution in [1.82, 2.24) is 9.80 Å². The predicted molar refractivity (Wildman–Crippen MR) is 69.7 cm³/mol. The third-order valence-electron chi connectivity index (χ3n) is 4.75. The number of oxime groups is 1. The molecule has 0 aromatic rings. The molecule has 0 spiro atoms. The summed E-state index contributed by atoms with van der Waals surface area (Å²) >= 11 is 0. The number of hydrogen-bond acceptors (Lipinski definition) is 5. The van der Waals surface area contributed by atoms with E-state index in [1.165, 1.54) is 4.90 Å². The number of carboxylic acid groups (broad SMARTS) is 1. The van der Waals surface area contributed by atoms with Crippen LogP contribution in [0.4, 0.5) is 4.79 Å². The zero-order valence-corrected chi connectivity index (χ0v) is 11.3. The van der Waals surface area contributed by atoms with Gasteiger partial charge < -0.3 is 15.2 Å². The van der Waals surface area contributed by atoms with E-state index in [-0.39, 0.29) is 11.8 Å². The molecule has 8 nitrogen and oxygen atoms in total. The van der Waals surface area contributed by atoms with Gasteiger partial charge in [-0.25, -0.2) is 4.79 Å². The number of piperidine rings is 1. The summed E-state index contributed by atoms with van der Waals surface area (Å²) in [6, 6.07) is 0.366. The van der Waals surface area contributed by atoms with Gasteiger partial charge in [-0.2, -0.15) is 5.26 Å². The first-order valence-electron chi connectivity index (χ1n) is 7.00. The Labute approximate surface area is 121 Å². The first kappa shape index (κ1) is 13.7. The van der Waals surface area contributed by atoms with E-state index in [0.29, 0.717) is 31.5 Å². The van der Waals surface area contributed by atoms with Gasteiger partial charge in [-0.1, -0.05) is 5.16 Å². The van der Waals surface area contributed by atoms with Gasteiger partial charge in [0, 0.05) is 6.54 Å². The Morgan fingerprint density at radius 1 is 1.43 bits per heavy atom. The lowest BCUT2D eigenvalue weighted by atomic mass is 9.96. The first-order valence-corrected chi connectivity index (χ1v) is 7.00. The maximum atomic E-state index is 12.7. The van der Waals surface area contributed by atoms with Gasteiger partial charge in [0.2, 0.25) is 5.91 Å². The molecule has 112 valence electrons. The number of hydrogen-bond donors (Lipinski definition) is 2. The summed E-state index contributed by atoms with van der Waals surface area (Å²) in [4.78, 5) is 26.8. The fourth-order valence-corrected chi connectivity index (χ4v) is 3.86. The van der Waals surface area contributed by atoms with E-state index in [9.17, 15) is 14.7 Å². The number of nitriles is 1. The van der Waals surface area contributed by atoms with Gasteiger partial charge in [-0.3, -0.25) is 9.69 Å². The molecule has 2 N–H and O–H groups in total. The molecular formula is C13H16N4O4. The van der Waals surface area contributed by atoms with Gasteiger partial charge in [0.05, 0.1) is 17.8 Å². The third kappa shape index (κ3) is 1.92. The molecule has 8 heteroatoms. The molecule has 3 aliphatic rings. The van der Waals surface area contributed by atoms with Crippen LogP contribution in [0, 0.1) is 17.2 Å². The molecule has 3 rings (SSSR count). The van der Waals surface area contributed by atoms with Crippen molar-refractivity contribution in [2.75, 3.05) is 6.54 Å². The summed E-state index contributed by atoms with van der Waals surface area (Å²) in [7, 11) is 0. The smallest absolute Gasteiger partial charge is 0.408 e. The van der Waals surface area contributed by atoms with Gasteiger partial charge in [0.1, 0.15) is 12.1 Å². The number of carbonyl (C=O) groups excluding carboxylic acids is 1. The Kier molecular flexibility index (Phi) is 3.20. The van der Waals surface area contributed by atoms with Crippen LogP contribution in [0.15, 0.2) is 5.16 Å². The molecule has 4 atom stereocenters. The van der Waals surface area contributed by atoms with Crippen LogP contribution >= 0.6 is 0 Å². The maximum absolute atomic E-state index is 12.7. The molecule has 3 fully saturated rings. The molecule has 2 amide bonds. The Balaban J connectivity index is 1.87. The standard InChI is InChI=1S/C13H16N4O4/c14-6-8-2-1-3-16(8)12(18)11-7-4-9(15-21)10(5-7)17(11)13(19)20/h7-8,10-11,21H,1-5H2,(H,19,20)/b15-9+/t7-,8+,10-,11+/m1/s1. The van der Waals surface area contributed by atoms with E-state index in [1.54, 1.807) is 0 Å². The molecule has 0 aromatic heterocycles. The van der Waals surface area contributed by atoms with Crippen molar-refractivity contribution in [2.45, 2.75) is 43.8 Å². The highest BCUT2D eigenvalue weighted by molar-refractivity contribution is 5.99. The summed E-state index contributed by atoms with van der Waals surface area (Å²) in [5, 5.41) is 30.6. The van der Waals surface area contributed by atoms with E-state index in [4.69, 9.17) is 10.5 Å². The van der Waals surface area contributed by atoms with E-state index >= 15 is 0 Å². The minimum Gasteiger partial charge on any atom is -0.465 e. The zero-order chi connectivity index (χ0) is 15.1. The van der Waals surface area contributed by atoms with E-state index in [0.717, 1.165) is 11.3 Å². The van der Waals surface area contributed by atoms with Gasteiger partial charge in [0.15, 0.2) is 0 Å². The zero-order valence-electron chi connectivity index (χ0n) is 11.3. The number of amides is 2. The number of nitrogens with zero attached hydrogens (tertiary/aromatic N) is 4. The average molecular weight is 292 g/mol. The SMILES string of the molecule is N#C[C@@H]1CCCN1C(=O)[C@@H]1[C@@H]2C/C(=N\O)[C@@H](C2)N1C(=O)O. The molecule has 2 bridgehead atoms. The highest BCUT2D eigenvalue weighted by atomic mass is 16.4. The van der Waals surface area contributed by atoms with Crippen molar-refractivity contribution < 1.29 is 19.9 Å². The minimum atomic E-state index is -1.19. The fourth-order valence-electron chi connectivity index (χ4n) is 3.86. The summed E-state index contributed by atoms with van der Waals surface area (Å²) < 4.78 is 0. The van der Waals surface area contributed by atoms with E-state index in [2.05, 4.69) is 11.2 Å². The van der Waals surface area contributed by atoms with E-state index < -0.39 is 24.2 Å². The van der Waals surface area contributed by atoms with Gasteiger partial charge in [-0.05, 0) is 31.6 Å². The number of carbonyl (C=O) groups is 2. The number of likely N-dealkylation sites (tertiary alicyclic amines) is 2. The maximum Gasteiger partial charge on any atom is 0.408 e. The quantitative estimate of drug-likeness (QED) is 0.538.